The van der Waals surface area contributed by atoms with Crippen LogP contribution in [0.1, 0.15) is 71.1 Å². The Labute approximate surface area is 152 Å². The van der Waals surface area contributed by atoms with Crippen molar-refractivity contribution in [2.75, 3.05) is 0 Å². The third-order valence-electron chi connectivity index (χ3n) is 3.04. The Morgan fingerprint density at radius 1 is 0.810 bits per heavy atom. The minimum absolute atomic E-state index is 0. The predicted octanol–water partition coefficient (Wildman–Crippen LogP) is 5.01. The van der Waals surface area contributed by atoms with Crippen LogP contribution in [0, 0.1) is 0 Å². The quantitative estimate of drug-likeness (QED) is 0.295. The number of aliphatic carboxylic acids is 1. The summed E-state index contributed by atoms with van der Waals surface area (Å²) in [4.78, 5) is 10.3. The summed E-state index contributed by atoms with van der Waals surface area (Å²) in [5, 5.41) is 8.50. The van der Waals surface area contributed by atoms with Crippen molar-refractivity contribution in [3.63, 3.8) is 0 Å². The van der Waals surface area contributed by atoms with E-state index < -0.39 is 5.97 Å². The number of allylic oxidation sites excluding steroid dienone is 6. The van der Waals surface area contributed by atoms with E-state index in [1.807, 2.05) is 0 Å². The van der Waals surface area contributed by atoms with E-state index >= 15 is 0 Å². The van der Waals surface area contributed by atoms with Gasteiger partial charge >= 0.3 is 35.5 Å². The molecule has 0 spiro atoms. The third-order valence-corrected chi connectivity index (χ3v) is 3.04. The summed E-state index contributed by atoms with van der Waals surface area (Å²) in [7, 11) is 0. The van der Waals surface area contributed by atoms with Gasteiger partial charge in [-0.25, -0.2) is 0 Å². The van der Waals surface area contributed by atoms with Crippen LogP contribution in [0.2, 0.25) is 0 Å². The molecule has 0 rings (SSSR count). The molecule has 0 fully saturated rings. The molecule has 0 saturated heterocycles. The Bertz CT molecular complexity index is 306. The zero-order valence-electron chi connectivity index (χ0n) is 12.9. The van der Waals surface area contributed by atoms with Crippen molar-refractivity contribution in [2.45, 2.75) is 71.1 Å². The van der Waals surface area contributed by atoms with Gasteiger partial charge in [-0.3, -0.25) is 4.79 Å². The van der Waals surface area contributed by atoms with Crippen LogP contribution in [0.5, 0.6) is 0 Å². The van der Waals surface area contributed by atoms with Crippen LogP contribution in [0.4, 0.5) is 0 Å². The van der Waals surface area contributed by atoms with Gasteiger partial charge in [0.25, 0.3) is 0 Å². The van der Waals surface area contributed by atoms with Crippen molar-refractivity contribution in [1.29, 1.82) is 0 Å². The summed E-state index contributed by atoms with van der Waals surface area (Å²) in [6, 6.07) is 0. The van der Waals surface area contributed by atoms with Crippen molar-refractivity contribution in [1.82, 2.24) is 0 Å². The van der Waals surface area contributed by atoms with Gasteiger partial charge in [0.2, 0.25) is 0 Å². The van der Waals surface area contributed by atoms with Crippen LogP contribution in [0.3, 0.4) is 0 Å². The molecule has 0 amide bonds. The van der Waals surface area contributed by atoms with Crippen molar-refractivity contribution < 1.29 is 9.90 Å². The molecule has 0 saturated carbocycles. The molecule has 3 heteroatoms. The first-order valence-corrected chi connectivity index (χ1v) is 7.94. The Kier molecular flexibility index (Phi) is 21.5. The average molecular weight is 302 g/mol. The van der Waals surface area contributed by atoms with Crippen LogP contribution >= 0.6 is 0 Å². The fourth-order valence-electron chi connectivity index (χ4n) is 1.90. The molecule has 1 N–H and O–H groups in total. The Morgan fingerprint density at radius 3 is 1.95 bits per heavy atom. The van der Waals surface area contributed by atoms with Gasteiger partial charge in [-0.05, 0) is 38.5 Å². The van der Waals surface area contributed by atoms with Gasteiger partial charge in [-0.15, -0.1) is 0 Å². The summed E-state index contributed by atoms with van der Waals surface area (Å²) in [6.07, 6.45) is 23.4. The molecule has 0 aromatic heterocycles. The Hall–Kier alpha value is -0.310. The van der Waals surface area contributed by atoms with Gasteiger partial charge in [0.05, 0.1) is 0 Å². The molecule has 116 valence electrons. The van der Waals surface area contributed by atoms with E-state index in [2.05, 4.69) is 43.4 Å². The first-order chi connectivity index (χ1) is 9.77. The van der Waals surface area contributed by atoms with Gasteiger partial charge < -0.3 is 5.11 Å². The van der Waals surface area contributed by atoms with E-state index in [0.29, 0.717) is 6.42 Å². The minimum atomic E-state index is -0.675. The number of carbonyl (C=O) groups is 1. The van der Waals surface area contributed by atoms with E-state index in [4.69, 9.17) is 5.11 Å². The summed E-state index contributed by atoms with van der Waals surface area (Å²) >= 11 is 0. The molecule has 0 aliphatic carbocycles. The van der Waals surface area contributed by atoms with Gasteiger partial charge in [-0.1, -0.05) is 62.6 Å². The van der Waals surface area contributed by atoms with Gasteiger partial charge in [0, 0.05) is 6.42 Å². The molecular formula is C18H31NaO2. The molecule has 0 heterocycles. The summed E-state index contributed by atoms with van der Waals surface area (Å²) in [5.41, 5.74) is 0. The van der Waals surface area contributed by atoms with Crippen molar-refractivity contribution in [2.24, 2.45) is 0 Å². The Balaban J connectivity index is 0. The maximum atomic E-state index is 10.3. The monoisotopic (exact) mass is 302 g/mol. The number of unbranched alkanes of at least 4 members (excludes halogenated alkanes) is 5. The van der Waals surface area contributed by atoms with E-state index in [1.165, 1.54) is 12.8 Å². The molecule has 0 radical (unpaired) electrons. The Morgan fingerprint density at radius 2 is 1.33 bits per heavy atom. The normalized spacial score (nSPS) is 11.5. The van der Waals surface area contributed by atoms with Crippen LogP contribution in [-0.4, -0.2) is 40.6 Å². The number of carboxylic acids is 1. The maximum absolute atomic E-state index is 10.3. The standard InChI is InChI=1S/C18H30O2.Na.H/c1-2-3-4-5-6-7-8-9-10-11-12-13-14-15-16-17-18(19)20;;/h3-4,6-7,9-10H,2,5,8,11-17H2,1H3,(H,19,20);;/b4-3-,7-6-,10-9-;;. The average Bonchev–Trinajstić information content (AvgIpc) is 2.43. The van der Waals surface area contributed by atoms with Crippen LogP contribution in [-0.2, 0) is 4.79 Å². The summed E-state index contributed by atoms with van der Waals surface area (Å²) < 4.78 is 0. The fraction of sp³-hybridized carbons (Fsp3) is 0.611. The molecule has 0 aliphatic heterocycles. The van der Waals surface area contributed by atoms with Gasteiger partial charge in [-0.2, -0.15) is 0 Å². The molecular weight excluding hydrogens is 271 g/mol. The van der Waals surface area contributed by atoms with Gasteiger partial charge in [0.1, 0.15) is 0 Å². The number of hydrogen-bond acceptors (Lipinski definition) is 1. The molecule has 0 bridgehead atoms. The van der Waals surface area contributed by atoms with Crippen LogP contribution in [0.25, 0.3) is 0 Å². The van der Waals surface area contributed by atoms with E-state index in [1.54, 1.807) is 0 Å². The van der Waals surface area contributed by atoms with Crippen molar-refractivity contribution >= 4 is 35.5 Å². The van der Waals surface area contributed by atoms with Crippen LogP contribution < -0.4 is 0 Å². The van der Waals surface area contributed by atoms with Crippen LogP contribution in [0.15, 0.2) is 36.5 Å². The SMILES string of the molecule is CC/C=C\C/C=C\C/C=C\CCCCCCCC(=O)O.[NaH]. The van der Waals surface area contributed by atoms with E-state index in [9.17, 15) is 4.79 Å². The molecule has 0 unspecified atom stereocenters. The second-order valence-corrected chi connectivity index (χ2v) is 4.99. The zero-order valence-corrected chi connectivity index (χ0v) is 12.9. The number of rotatable bonds is 13. The predicted molar refractivity (Wildman–Crippen MR) is 94.0 cm³/mol. The van der Waals surface area contributed by atoms with E-state index in [0.717, 1.165) is 44.9 Å². The molecule has 0 aliphatic rings. The van der Waals surface area contributed by atoms with Crippen molar-refractivity contribution in [3.05, 3.63) is 36.5 Å². The second-order valence-electron chi connectivity index (χ2n) is 4.99. The molecule has 21 heavy (non-hydrogen) atoms. The zero-order chi connectivity index (χ0) is 14.9. The van der Waals surface area contributed by atoms with E-state index in [-0.39, 0.29) is 29.6 Å². The number of hydrogen-bond donors (Lipinski definition) is 1. The van der Waals surface area contributed by atoms with Crippen molar-refractivity contribution in [3.8, 4) is 0 Å². The summed E-state index contributed by atoms with van der Waals surface area (Å²) in [6.45, 7) is 2.15. The fourth-order valence-corrected chi connectivity index (χ4v) is 1.90. The third kappa shape index (κ3) is 22.1. The topological polar surface area (TPSA) is 37.3 Å². The summed E-state index contributed by atoms with van der Waals surface area (Å²) in [5.74, 6) is -0.675. The first kappa shape index (κ1) is 23.0. The first-order valence-electron chi connectivity index (χ1n) is 7.94. The molecule has 2 nitrogen and oxygen atoms in total. The number of carboxylic acid groups (broad SMARTS) is 1. The molecule has 0 aromatic carbocycles. The molecule has 0 aromatic rings. The second kappa shape index (κ2) is 19.7. The van der Waals surface area contributed by atoms with Gasteiger partial charge in [0.15, 0.2) is 0 Å². The molecule has 0 atom stereocenters.